The van der Waals surface area contributed by atoms with Gasteiger partial charge in [-0.1, -0.05) is 26.0 Å². The normalized spacial score (nSPS) is 10.9. The average molecular weight is 236 g/mol. The zero-order chi connectivity index (χ0) is 12.7. The first kappa shape index (κ1) is 14.0. The Labute approximate surface area is 105 Å². The fraction of sp³-hybridized carbons (Fsp3) is 0.571. The number of hydrogen-bond acceptors (Lipinski definition) is 3. The molecule has 0 aromatic heterocycles. The molecule has 0 heterocycles. The Morgan fingerprint density at radius 3 is 2.47 bits per heavy atom. The maximum Gasteiger partial charge on any atom is 0.122 e. The molecule has 0 aliphatic rings. The predicted molar refractivity (Wildman–Crippen MR) is 72.4 cm³/mol. The van der Waals surface area contributed by atoms with Gasteiger partial charge < -0.3 is 15.4 Å². The van der Waals surface area contributed by atoms with Crippen molar-refractivity contribution < 1.29 is 4.74 Å². The van der Waals surface area contributed by atoms with Gasteiger partial charge in [0.05, 0.1) is 0 Å². The Balaban J connectivity index is 2.46. The fourth-order valence-corrected chi connectivity index (χ4v) is 1.82. The molecule has 1 rings (SSSR count). The van der Waals surface area contributed by atoms with Crippen LogP contribution in [-0.4, -0.2) is 31.1 Å². The number of hydrogen-bond donors (Lipinski definition) is 1. The summed E-state index contributed by atoms with van der Waals surface area (Å²) in [6.07, 6.45) is 0. The van der Waals surface area contributed by atoms with Crippen LogP contribution in [0.5, 0.6) is 5.75 Å². The molecule has 3 heteroatoms. The van der Waals surface area contributed by atoms with Crippen molar-refractivity contribution in [2.45, 2.75) is 27.3 Å². The third-order valence-corrected chi connectivity index (χ3v) is 3.03. The number of rotatable bonds is 7. The molecule has 0 aliphatic heterocycles. The summed E-state index contributed by atoms with van der Waals surface area (Å²) in [6, 6.07) is 6.13. The molecule has 0 radical (unpaired) electrons. The molecule has 0 unspecified atom stereocenters. The Kier molecular flexibility index (Phi) is 6.01. The zero-order valence-electron chi connectivity index (χ0n) is 11.2. The van der Waals surface area contributed by atoms with Crippen LogP contribution < -0.4 is 10.5 Å². The lowest BCUT2D eigenvalue weighted by Crippen LogP contribution is -2.28. The molecule has 1 aromatic carbocycles. The van der Waals surface area contributed by atoms with Crippen LogP contribution in [0.4, 0.5) is 0 Å². The first-order valence-corrected chi connectivity index (χ1v) is 6.36. The topological polar surface area (TPSA) is 38.5 Å². The largest absolute Gasteiger partial charge is 0.492 e. The lowest BCUT2D eigenvalue weighted by molar-refractivity contribution is 0.222. The molecule has 0 aliphatic carbocycles. The van der Waals surface area contributed by atoms with Gasteiger partial charge in [0, 0.05) is 13.1 Å². The van der Waals surface area contributed by atoms with Gasteiger partial charge >= 0.3 is 0 Å². The summed E-state index contributed by atoms with van der Waals surface area (Å²) in [5.41, 5.74) is 7.91. The minimum absolute atomic E-state index is 0.584. The van der Waals surface area contributed by atoms with Crippen molar-refractivity contribution >= 4 is 0 Å². The minimum atomic E-state index is 0.584. The molecule has 0 amide bonds. The van der Waals surface area contributed by atoms with E-state index < -0.39 is 0 Å². The molecule has 17 heavy (non-hydrogen) atoms. The van der Waals surface area contributed by atoms with Crippen molar-refractivity contribution in [3.63, 3.8) is 0 Å². The minimum Gasteiger partial charge on any atom is -0.492 e. The number of benzene rings is 1. The van der Waals surface area contributed by atoms with Crippen molar-refractivity contribution in [1.29, 1.82) is 0 Å². The molecule has 1 aromatic rings. The predicted octanol–water partition coefficient (Wildman–Crippen LogP) is 2.17. The molecular weight excluding hydrogens is 212 g/mol. The number of nitrogens with two attached hydrogens (primary N) is 1. The van der Waals surface area contributed by atoms with Gasteiger partial charge in [0.25, 0.3) is 0 Å². The zero-order valence-corrected chi connectivity index (χ0v) is 11.2. The second kappa shape index (κ2) is 7.30. The first-order valence-electron chi connectivity index (χ1n) is 6.36. The molecular formula is C14H24N2O. The van der Waals surface area contributed by atoms with Crippen molar-refractivity contribution in [2.75, 3.05) is 26.2 Å². The van der Waals surface area contributed by atoms with Crippen LogP contribution in [-0.2, 0) is 6.54 Å². The summed E-state index contributed by atoms with van der Waals surface area (Å²) in [5.74, 6) is 0.967. The highest BCUT2D eigenvalue weighted by Gasteiger charge is 2.02. The van der Waals surface area contributed by atoms with E-state index in [0.29, 0.717) is 6.54 Å². The number of nitrogens with zero attached hydrogens (tertiary/aromatic N) is 1. The Bertz CT molecular complexity index is 335. The Morgan fingerprint density at radius 1 is 1.24 bits per heavy atom. The molecule has 0 saturated heterocycles. The second-order valence-electron chi connectivity index (χ2n) is 4.18. The van der Waals surface area contributed by atoms with E-state index in [1.165, 1.54) is 0 Å². The van der Waals surface area contributed by atoms with Crippen LogP contribution in [0.25, 0.3) is 0 Å². The summed E-state index contributed by atoms with van der Waals surface area (Å²) in [7, 11) is 0. The van der Waals surface area contributed by atoms with Crippen LogP contribution in [0.2, 0.25) is 0 Å². The smallest absolute Gasteiger partial charge is 0.122 e. The lowest BCUT2D eigenvalue weighted by atomic mass is 10.1. The molecule has 96 valence electrons. The van der Waals surface area contributed by atoms with E-state index in [4.69, 9.17) is 10.5 Å². The summed E-state index contributed by atoms with van der Waals surface area (Å²) < 4.78 is 5.79. The van der Waals surface area contributed by atoms with Crippen molar-refractivity contribution in [2.24, 2.45) is 5.73 Å². The van der Waals surface area contributed by atoms with E-state index in [9.17, 15) is 0 Å². The van der Waals surface area contributed by atoms with E-state index in [1.807, 2.05) is 12.1 Å². The van der Waals surface area contributed by atoms with E-state index in [2.05, 4.69) is 31.7 Å². The summed E-state index contributed by atoms with van der Waals surface area (Å²) in [6.45, 7) is 10.9. The summed E-state index contributed by atoms with van der Waals surface area (Å²) in [4.78, 5) is 2.35. The SMILES string of the molecule is CCN(CC)CCOc1ccc(CN)cc1C. The highest BCUT2D eigenvalue weighted by atomic mass is 16.5. The van der Waals surface area contributed by atoms with Crippen LogP contribution in [0.1, 0.15) is 25.0 Å². The molecule has 2 N–H and O–H groups in total. The first-order chi connectivity index (χ1) is 8.21. The van der Waals surface area contributed by atoms with Gasteiger partial charge in [0.15, 0.2) is 0 Å². The quantitative estimate of drug-likeness (QED) is 0.788. The van der Waals surface area contributed by atoms with Gasteiger partial charge in [-0.3, -0.25) is 0 Å². The molecule has 3 nitrogen and oxygen atoms in total. The number of ether oxygens (including phenoxy) is 1. The second-order valence-corrected chi connectivity index (χ2v) is 4.18. The van der Waals surface area contributed by atoms with Gasteiger partial charge in [0.1, 0.15) is 12.4 Å². The standard InChI is InChI=1S/C14H24N2O/c1-4-16(5-2)8-9-17-14-7-6-13(11-15)10-12(14)3/h6-7,10H,4-5,8-9,11,15H2,1-3H3. The van der Waals surface area contributed by atoms with E-state index in [-0.39, 0.29) is 0 Å². The maximum absolute atomic E-state index is 5.79. The van der Waals surface area contributed by atoms with Gasteiger partial charge in [-0.05, 0) is 37.2 Å². The van der Waals surface area contributed by atoms with Crippen LogP contribution >= 0.6 is 0 Å². The van der Waals surface area contributed by atoms with E-state index in [1.54, 1.807) is 0 Å². The van der Waals surface area contributed by atoms with Crippen molar-refractivity contribution in [1.82, 2.24) is 4.90 Å². The van der Waals surface area contributed by atoms with Gasteiger partial charge in [-0.25, -0.2) is 0 Å². The highest BCUT2D eigenvalue weighted by molar-refractivity contribution is 5.36. The molecule has 0 fully saturated rings. The van der Waals surface area contributed by atoms with Gasteiger partial charge in [0.2, 0.25) is 0 Å². The maximum atomic E-state index is 5.79. The lowest BCUT2D eigenvalue weighted by Gasteiger charge is -2.18. The van der Waals surface area contributed by atoms with Crippen LogP contribution in [0.15, 0.2) is 18.2 Å². The third-order valence-electron chi connectivity index (χ3n) is 3.03. The molecule has 0 bridgehead atoms. The monoisotopic (exact) mass is 236 g/mol. The van der Waals surface area contributed by atoms with Crippen LogP contribution in [0.3, 0.4) is 0 Å². The van der Waals surface area contributed by atoms with Gasteiger partial charge in [-0.2, -0.15) is 0 Å². The van der Waals surface area contributed by atoms with E-state index in [0.717, 1.165) is 43.1 Å². The summed E-state index contributed by atoms with van der Waals surface area (Å²) >= 11 is 0. The van der Waals surface area contributed by atoms with Crippen LogP contribution in [0, 0.1) is 6.92 Å². The third kappa shape index (κ3) is 4.36. The molecule has 0 spiro atoms. The Hall–Kier alpha value is -1.06. The van der Waals surface area contributed by atoms with E-state index >= 15 is 0 Å². The fourth-order valence-electron chi connectivity index (χ4n) is 1.82. The summed E-state index contributed by atoms with van der Waals surface area (Å²) in [5, 5.41) is 0. The Morgan fingerprint density at radius 2 is 1.94 bits per heavy atom. The number of aryl methyl sites for hydroxylation is 1. The molecule has 0 atom stereocenters. The average Bonchev–Trinajstić information content (AvgIpc) is 2.36. The molecule has 0 saturated carbocycles. The van der Waals surface area contributed by atoms with Crippen molar-refractivity contribution in [3.8, 4) is 5.75 Å². The van der Waals surface area contributed by atoms with Gasteiger partial charge in [-0.15, -0.1) is 0 Å². The van der Waals surface area contributed by atoms with Crippen molar-refractivity contribution in [3.05, 3.63) is 29.3 Å². The highest BCUT2D eigenvalue weighted by Crippen LogP contribution is 2.18. The number of likely N-dealkylation sites (N-methyl/N-ethyl adjacent to an activating group) is 1.